The van der Waals surface area contributed by atoms with Gasteiger partial charge in [-0.15, -0.1) is 0 Å². The van der Waals surface area contributed by atoms with Crippen molar-refractivity contribution in [2.24, 2.45) is 0 Å². The van der Waals surface area contributed by atoms with E-state index in [2.05, 4.69) is 10.6 Å². The van der Waals surface area contributed by atoms with Crippen molar-refractivity contribution in [3.05, 3.63) is 58.1 Å². The Kier molecular flexibility index (Phi) is 5.36. The van der Waals surface area contributed by atoms with E-state index in [1.54, 1.807) is 18.2 Å². The van der Waals surface area contributed by atoms with E-state index in [1.807, 2.05) is 12.1 Å². The number of carbonyl (C=O) groups is 1. The summed E-state index contributed by atoms with van der Waals surface area (Å²) >= 11 is 6.00. The van der Waals surface area contributed by atoms with E-state index in [4.69, 9.17) is 16.3 Å². The van der Waals surface area contributed by atoms with Crippen LogP contribution in [0.4, 0.5) is 19.3 Å². The summed E-state index contributed by atoms with van der Waals surface area (Å²) in [6, 6.07) is 9.16. The fourth-order valence-corrected chi connectivity index (χ4v) is 4.19. The number of benzene rings is 2. The zero-order valence-electron chi connectivity index (χ0n) is 15.6. The van der Waals surface area contributed by atoms with Crippen LogP contribution in [0.25, 0.3) is 0 Å². The van der Waals surface area contributed by atoms with Gasteiger partial charge in [0, 0.05) is 29.1 Å². The predicted octanol–water partition coefficient (Wildman–Crippen LogP) is 4.12. The molecule has 0 bridgehead atoms. The maximum atomic E-state index is 13.6. The van der Waals surface area contributed by atoms with Crippen LogP contribution >= 0.6 is 11.6 Å². The summed E-state index contributed by atoms with van der Waals surface area (Å²) in [5, 5.41) is 15.9. The van der Waals surface area contributed by atoms with Gasteiger partial charge in [-0.3, -0.25) is 0 Å². The first-order chi connectivity index (χ1) is 13.9. The van der Waals surface area contributed by atoms with E-state index >= 15 is 0 Å². The molecule has 1 aliphatic carbocycles. The Labute approximate surface area is 172 Å². The fraction of sp³-hybridized carbons (Fsp3) is 0.381. The molecule has 0 fully saturated rings. The standard InChI is InChI=1S/C21H21ClF2N2O3/c22-13-4-5-15-18(9-21(10-23,11-24)29-19(15)7-13)26-20(28)25-17-3-1-2-12-6-14(27)8-16(12)17/h1-5,7,14,18,27H,6,8-11H2,(H2,25,26,28). The van der Waals surface area contributed by atoms with Crippen molar-refractivity contribution >= 4 is 23.3 Å². The Hall–Kier alpha value is -2.38. The molecule has 8 heteroatoms. The molecular formula is C21H21ClF2N2O3. The van der Waals surface area contributed by atoms with Gasteiger partial charge in [0.1, 0.15) is 19.1 Å². The van der Waals surface area contributed by atoms with Crippen LogP contribution in [0.3, 0.4) is 0 Å². The highest BCUT2D eigenvalue weighted by Crippen LogP contribution is 2.41. The maximum absolute atomic E-state index is 13.6. The molecular weight excluding hydrogens is 402 g/mol. The van der Waals surface area contributed by atoms with E-state index in [9.17, 15) is 18.7 Å². The quantitative estimate of drug-likeness (QED) is 0.694. The number of aliphatic hydroxyl groups excluding tert-OH is 1. The number of halogens is 3. The molecule has 1 aliphatic heterocycles. The molecule has 2 aromatic carbocycles. The highest BCUT2D eigenvalue weighted by molar-refractivity contribution is 6.30. The first kappa shape index (κ1) is 19.9. The monoisotopic (exact) mass is 422 g/mol. The normalized spacial score (nSPS) is 21.7. The second kappa shape index (κ2) is 7.80. The number of hydrogen-bond acceptors (Lipinski definition) is 3. The molecule has 0 spiro atoms. The molecule has 154 valence electrons. The lowest BCUT2D eigenvalue weighted by atomic mass is 9.88. The van der Waals surface area contributed by atoms with Crippen molar-refractivity contribution in [2.45, 2.75) is 37.0 Å². The molecule has 5 nitrogen and oxygen atoms in total. The number of amides is 2. The molecule has 4 rings (SSSR count). The van der Waals surface area contributed by atoms with Gasteiger partial charge in [-0.25, -0.2) is 13.6 Å². The molecule has 2 unspecified atom stereocenters. The average molecular weight is 423 g/mol. The van der Waals surface area contributed by atoms with Crippen LogP contribution in [0, 0.1) is 0 Å². The van der Waals surface area contributed by atoms with Gasteiger partial charge in [0.2, 0.25) is 0 Å². The summed E-state index contributed by atoms with van der Waals surface area (Å²) in [5.41, 5.74) is 1.46. The summed E-state index contributed by atoms with van der Waals surface area (Å²) in [4.78, 5) is 12.7. The zero-order valence-corrected chi connectivity index (χ0v) is 16.3. The van der Waals surface area contributed by atoms with Gasteiger partial charge in [-0.2, -0.15) is 0 Å². The van der Waals surface area contributed by atoms with Crippen molar-refractivity contribution in [3.63, 3.8) is 0 Å². The summed E-state index contributed by atoms with van der Waals surface area (Å²) in [6.45, 7) is -2.06. The second-order valence-electron chi connectivity index (χ2n) is 7.59. The molecule has 2 aliphatic rings. The van der Waals surface area contributed by atoms with Crippen molar-refractivity contribution in [3.8, 4) is 5.75 Å². The van der Waals surface area contributed by atoms with Crippen LogP contribution in [-0.4, -0.2) is 36.2 Å². The lowest BCUT2D eigenvalue weighted by Crippen LogP contribution is -2.49. The van der Waals surface area contributed by atoms with Gasteiger partial charge in [0.15, 0.2) is 5.60 Å². The number of carbonyl (C=O) groups excluding carboxylic acids is 1. The summed E-state index contributed by atoms with van der Waals surface area (Å²) in [7, 11) is 0. The molecule has 2 amide bonds. The Morgan fingerprint density at radius 3 is 2.79 bits per heavy atom. The number of anilines is 1. The smallest absolute Gasteiger partial charge is 0.319 e. The van der Waals surface area contributed by atoms with Crippen LogP contribution in [0.1, 0.15) is 29.2 Å². The van der Waals surface area contributed by atoms with Crippen molar-refractivity contribution in [1.29, 1.82) is 0 Å². The van der Waals surface area contributed by atoms with Gasteiger partial charge in [0.05, 0.1) is 12.1 Å². The molecule has 0 aromatic heterocycles. The van der Waals surface area contributed by atoms with Gasteiger partial charge in [-0.1, -0.05) is 29.8 Å². The van der Waals surface area contributed by atoms with Crippen molar-refractivity contribution in [1.82, 2.24) is 5.32 Å². The number of urea groups is 1. The zero-order chi connectivity index (χ0) is 20.6. The highest BCUT2D eigenvalue weighted by atomic mass is 35.5. The largest absolute Gasteiger partial charge is 0.481 e. The molecule has 1 heterocycles. The SMILES string of the molecule is O=C(Nc1cccc2c1CC(O)C2)NC1CC(CF)(CF)Oc2cc(Cl)ccc21. The molecule has 2 aromatic rings. The third-order valence-corrected chi connectivity index (χ3v) is 5.70. The number of fused-ring (bicyclic) bond motifs is 2. The highest BCUT2D eigenvalue weighted by Gasteiger charge is 2.42. The van der Waals surface area contributed by atoms with E-state index < -0.39 is 37.1 Å². The van der Waals surface area contributed by atoms with Crippen LogP contribution < -0.4 is 15.4 Å². The summed E-state index contributed by atoms with van der Waals surface area (Å²) in [5.74, 6) is 0.257. The van der Waals surface area contributed by atoms with E-state index in [1.165, 1.54) is 6.07 Å². The molecule has 0 saturated heterocycles. The van der Waals surface area contributed by atoms with Crippen LogP contribution in [0.2, 0.25) is 5.02 Å². The first-order valence-electron chi connectivity index (χ1n) is 9.40. The number of ether oxygens (including phenoxy) is 1. The lowest BCUT2D eigenvalue weighted by molar-refractivity contribution is -0.0104. The van der Waals surface area contributed by atoms with E-state index in [-0.39, 0.29) is 12.2 Å². The topological polar surface area (TPSA) is 70.6 Å². The van der Waals surface area contributed by atoms with Gasteiger partial charge < -0.3 is 20.5 Å². The minimum atomic E-state index is -1.66. The van der Waals surface area contributed by atoms with E-state index in [0.717, 1.165) is 11.1 Å². The number of hydrogen-bond donors (Lipinski definition) is 3. The maximum Gasteiger partial charge on any atom is 0.319 e. The summed E-state index contributed by atoms with van der Waals surface area (Å²) in [6.07, 6.45) is 0.513. The minimum Gasteiger partial charge on any atom is -0.481 e. The molecule has 0 radical (unpaired) electrons. The number of alkyl halides is 2. The lowest BCUT2D eigenvalue weighted by Gasteiger charge is -2.39. The third kappa shape index (κ3) is 3.89. The Balaban J connectivity index is 1.56. The summed E-state index contributed by atoms with van der Waals surface area (Å²) < 4.78 is 32.8. The average Bonchev–Trinajstić information content (AvgIpc) is 3.08. The number of aliphatic hydroxyl groups is 1. The van der Waals surface area contributed by atoms with Gasteiger partial charge >= 0.3 is 6.03 Å². The van der Waals surface area contributed by atoms with Crippen molar-refractivity contribution in [2.75, 3.05) is 18.7 Å². The number of nitrogens with one attached hydrogen (secondary N) is 2. The van der Waals surface area contributed by atoms with Gasteiger partial charge in [0.25, 0.3) is 0 Å². The number of rotatable bonds is 4. The fourth-order valence-electron chi connectivity index (χ4n) is 4.03. The van der Waals surface area contributed by atoms with Crippen LogP contribution in [0.15, 0.2) is 36.4 Å². The molecule has 29 heavy (non-hydrogen) atoms. The van der Waals surface area contributed by atoms with Crippen LogP contribution in [-0.2, 0) is 12.8 Å². The van der Waals surface area contributed by atoms with Crippen molar-refractivity contribution < 1.29 is 23.4 Å². The van der Waals surface area contributed by atoms with E-state index in [0.29, 0.717) is 29.1 Å². The first-order valence-corrected chi connectivity index (χ1v) is 9.77. The predicted molar refractivity (Wildman–Crippen MR) is 106 cm³/mol. The second-order valence-corrected chi connectivity index (χ2v) is 8.03. The molecule has 3 N–H and O–H groups in total. The molecule has 2 atom stereocenters. The third-order valence-electron chi connectivity index (χ3n) is 5.46. The minimum absolute atomic E-state index is 0.0480. The Bertz CT molecular complexity index is 936. The Morgan fingerprint density at radius 1 is 1.24 bits per heavy atom. The van der Waals surface area contributed by atoms with Crippen LogP contribution in [0.5, 0.6) is 5.75 Å². The molecule has 0 saturated carbocycles. The van der Waals surface area contributed by atoms with Gasteiger partial charge in [-0.05, 0) is 35.7 Å². The Morgan fingerprint density at radius 2 is 2.03 bits per heavy atom.